The molecule has 2 aliphatic rings. The summed E-state index contributed by atoms with van der Waals surface area (Å²) in [4.78, 5) is 11.4. The summed E-state index contributed by atoms with van der Waals surface area (Å²) in [5.41, 5.74) is 0.814. The van der Waals surface area contributed by atoms with Crippen molar-refractivity contribution < 1.29 is 22.0 Å². The van der Waals surface area contributed by atoms with Gasteiger partial charge in [0.1, 0.15) is 17.0 Å². The molecule has 3 heterocycles. The first-order valence-electron chi connectivity index (χ1n) is 10.5. The van der Waals surface area contributed by atoms with Gasteiger partial charge in [0.25, 0.3) is 0 Å². The Morgan fingerprint density at radius 1 is 1.06 bits per heavy atom. The van der Waals surface area contributed by atoms with Gasteiger partial charge >= 0.3 is 6.18 Å². The van der Waals surface area contributed by atoms with E-state index < -0.39 is 24.2 Å². The van der Waals surface area contributed by atoms with Crippen molar-refractivity contribution >= 4 is 27.4 Å². The molecule has 3 aromatic rings. The van der Waals surface area contributed by atoms with Crippen LogP contribution in [0.2, 0.25) is 0 Å². The van der Waals surface area contributed by atoms with E-state index in [1.807, 2.05) is 0 Å². The average molecular weight is 468 g/mol. The maximum Gasteiger partial charge on any atom is 0.393 e. The molecular formula is C22H21F5N4S. The second-order valence-electron chi connectivity index (χ2n) is 8.47. The van der Waals surface area contributed by atoms with Crippen molar-refractivity contribution in [3.05, 3.63) is 52.7 Å². The number of halogens is 5. The number of nitrogens with zero attached hydrogens (tertiary/aromatic N) is 3. The Morgan fingerprint density at radius 3 is 2.56 bits per heavy atom. The van der Waals surface area contributed by atoms with Crippen LogP contribution in [0.5, 0.6) is 0 Å². The summed E-state index contributed by atoms with van der Waals surface area (Å²) in [6.45, 7) is 1.47. The van der Waals surface area contributed by atoms with Crippen LogP contribution in [0, 0.1) is 11.6 Å². The predicted octanol–water partition coefficient (Wildman–Crippen LogP) is 5.19. The third-order valence-corrected chi connectivity index (χ3v) is 7.18. The summed E-state index contributed by atoms with van der Waals surface area (Å²) >= 11 is 1.06. The maximum absolute atomic E-state index is 13.5. The Bertz CT molecular complexity index is 1120. The molecule has 0 radical (unpaired) electrons. The van der Waals surface area contributed by atoms with E-state index in [0.717, 1.165) is 49.3 Å². The molecule has 2 aromatic heterocycles. The van der Waals surface area contributed by atoms with Crippen molar-refractivity contribution in [2.75, 3.05) is 18.0 Å². The van der Waals surface area contributed by atoms with Crippen molar-refractivity contribution in [2.24, 2.45) is 0 Å². The quantitative estimate of drug-likeness (QED) is 0.524. The van der Waals surface area contributed by atoms with Crippen LogP contribution < -0.4 is 10.2 Å². The Hall–Kier alpha value is -2.33. The van der Waals surface area contributed by atoms with E-state index in [-0.39, 0.29) is 16.8 Å². The zero-order chi connectivity index (χ0) is 22.5. The fourth-order valence-corrected chi connectivity index (χ4v) is 5.50. The number of alkyl halides is 3. The fraction of sp³-hybridized carbons (Fsp3) is 0.455. The van der Waals surface area contributed by atoms with Gasteiger partial charge in [-0.2, -0.15) is 13.2 Å². The Kier molecular flexibility index (Phi) is 5.53. The first-order valence-corrected chi connectivity index (χ1v) is 11.3. The zero-order valence-electron chi connectivity index (χ0n) is 17.0. The lowest BCUT2D eigenvalue weighted by Gasteiger charge is -2.33. The van der Waals surface area contributed by atoms with Crippen LogP contribution in [0.4, 0.5) is 27.8 Å². The number of hydrogen-bond acceptors (Lipinski definition) is 5. The highest BCUT2D eigenvalue weighted by Gasteiger charge is 2.40. The van der Waals surface area contributed by atoms with Crippen molar-refractivity contribution in [2.45, 2.75) is 49.9 Å². The van der Waals surface area contributed by atoms with Gasteiger partial charge in [0.15, 0.2) is 11.6 Å². The number of hydrogen-bond donors (Lipinski definition) is 1. The van der Waals surface area contributed by atoms with Crippen LogP contribution in [0.1, 0.15) is 35.6 Å². The third-order valence-electron chi connectivity index (χ3n) is 6.14. The molecule has 1 saturated heterocycles. The molecule has 32 heavy (non-hydrogen) atoms. The summed E-state index contributed by atoms with van der Waals surface area (Å²) < 4.78 is 64.9. The van der Waals surface area contributed by atoms with E-state index in [0.29, 0.717) is 22.1 Å². The van der Waals surface area contributed by atoms with E-state index in [4.69, 9.17) is 0 Å². The van der Waals surface area contributed by atoms with Crippen LogP contribution in [0.3, 0.4) is 0 Å². The molecule has 0 spiro atoms. The number of aromatic nitrogens is 2. The molecule has 1 aromatic carbocycles. The van der Waals surface area contributed by atoms with E-state index in [9.17, 15) is 22.0 Å². The van der Waals surface area contributed by atoms with Gasteiger partial charge in [-0.25, -0.2) is 18.7 Å². The van der Waals surface area contributed by atoms with E-state index in [1.54, 1.807) is 12.1 Å². The smallest absolute Gasteiger partial charge is 0.356 e. The van der Waals surface area contributed by atoms with Crippen LogP contribution in [0.25, 0.3) is 10.2 Å². The van der Waals surface area contributed by atoms with Gasteiger partial charge < -0.3 is 10.2 Å². The van der Waals surface area contributed by atoms with Crippen molar-refractivity contribution in [3.63, 3.8) is 0 Å². The normalized spacial score (nSPS) is 22.0. The SMILES string of the molecule is Fc1ccc([C@@H]2C[C@H]2NC2CCN(c3ncnc4sc(CC(F)(F)F)cc34)CC2)cc1F. The molecule has 2 atom stereocenters. The third kappa shape index (κ3) is 4.56. The lowest BCUT2D eigenvalue weighted by molar-refractivity contribution is -0.126. The molecule has 1 aliphatic carbocycles. The molecule has 4 nitrogen and oxygen atoms in total. The Balaban J connectivity index is 1.20. The highest BCUT2D eigenvalue weighted by Crippen LogP contribution is 2.42. The first kappa shape index (κ1) is 21.5. The van der Waals surface area contributed by atoms with Crippen molar-refractivity contribution in [3.8, 4) is 0 Å². The standard InChI is InChI=1S/C22H21F5N4S/c23-17-2-1-12(7-18(17)24)15-9-19(15)30-13-3-5-31(6-4-13)20-16-8-14(10-22(25,26)27)32-21(16)29-11-28-20/h1-2,7-8,11,13,15,19,30H,3-6,9-10H2/t15-,19+/m0/s1. The van der Waals surface area contributed by atoms with E-state index >= 15 is 0 Å². The predicted molar refractivity (Wildman–Crippen MR) is 113 cm³/mol. The van der Waals surface area contributed by atoms with Crippen molar-refractivity contribution in [1.29, 1.82) is 0 Å². The number of benzene rings is 1. The monoisotopic (exact) mass is 468 g/mol. The summed E-state index contributed by atoms with van der Waals surface area (Å²) in [5.74, 6) is -0.766. The molecule has 170 valence electrons. The molecule has 2 fully saturated rings. The minimum Gasteiger partial charge on any atom is -0.356 e. The zero-order valence-corrected chi connectivity index (χ0v) is 17.8. The summed E-state index contributed by atoms with van der Waals surface area (Å²) in [6, 6.07) is 6.20. The maximum atomic E-state index is 13.5. The number of anilines is 1. The number of piperidine rings is 1. The van der Waals surface area contributed by atoms with Crippen LogP contribution in [0.15, 0.2) is 30.6 Å². The lowest BCUT2D eigenvalue weighted by Crippen LogP contribution is -2.43. The first-order chi connectivity index (χ1) is 15.3. The van der Waals surface area contributed by atoms with Crippen LogP contribution in [-0.4, -0.2) is 41.3 Å². The number of thiophene rings is 1. The molecule has 1 aliphatic heterocycles. The summed E-state index contributed by atoms with van der Waals surface area (Å²) in [6.07, 6.45) is -1.17. The minimum atomic E-state index is -4.25. The largest absolute Gasteiger partial charge is 0.393 e. The van der Waals surface area contributed by atoms with Crippen LogP contribution in [-0.2, 0) is 6.42 Å². The second-order valence-corrected chi connectivity index (χ2v) is 9.59. The molecular weight excluding hydrogens is 447 g/mol. The van der Waals surface area contributed by atoms with Gasteiger partial charge in [-0.3, -0.25) is 0 Å². The molecule has 1 saturated carbocycles. The van der Waals surface area contributed by atoms with Gasteiger partial charge in [-0.05, 0) is 43.0 Å². The minimum absolute atomic E-state index is 0.197. The molecule has 0 amide bonds. The average Bonchev–Trinajstić information content (AvgIpc) is 3.38. The van der Waals surface area contributed by atoms with Gasteiger partial charge in [-0.1, -0.05) is 6.07 Å². The highest BCUT2D eigenvalue weighted by atomic mass is 32.1. The Morgan fingerprint density at radius 2 is 1.84 bits per heavy atom. The molecule has 5 rings (SSSR count). The highest BCUT2D eigenvalue weighted by molar-refractivity contribution is 7.18. The summed E-state index contributed by atoms with van der Waals surface area (Å²) in [7, 11) is 0. The lowest BCUT2D eigenvalue weighted by atomic mass is 10.0. The summed E-state index contributed by atoms with van der Waals surface area (Å²) in [5, 5.41) is 4.29. The number of nitrogens with one attached hydrogen (secondary N) is 1. The topological polar surface area (TPSA) is 41.0 Å². The molecule has 0 unspecified atom stereocenters. The van der Waals surface area contributed by atoms with Crippen LogP contribution >= 0.6 is 11.3 Å². The van der Waals surface area contributed by atoms with Gasteiger partial charge in [-0.15, -0.1) is 11.3 Å². The van der Waals surface area contributed by atoms with Gasteiger partial charge in [0.05, 0.1) is 11.8 Å². The molecule has 10 heteroatoms. The van der Waals surface area contributed by atoms with Crippen molar-refractivity contribution in [1.82, 2.24) is 15.3 Å². The Labute approximate surface area is 185 Å². The second kappa shape index (κ2) is 8.22. The molecule has 1 N–H and O–H groups in total. The van der Waals surface area contributed by atoms with E-state index in [1.165, 1.54) is 18.5 Å². The van der Waals surface area contributed by atoms with E-state index in [2.05, 4.69) is 20.2 Å². The molecule has 0 bridgehead atoms. The van der Waals surface area contributed by atoms with Gasteiger partial charge in [0, 0.05) is 36.0 Å². The number of fused-ring (bicyclic) bond motifs is 1. The fourth-order valence-electron chi connectivity index (χ4n) is 4.48. The number of rotatable bonds is 5. The van der Waals surface area contributed by atoms with Gasteiger partial charge in [0.2, 0.25) is 0 Å².